The zero-order valence-corrected chi connectivity index (χ0v) is 14.9. The van der Waals surface area contributed by atoms with Crippen LogP contribution in [0.4, 0.5) is 0 Å². The lowest BCUT2D eigenvalue weighted by Gasteiger charge is -2.04. The molecule has 0 unspecified atom stereocenters. The maximum atomic E-state index is 11.7. The van der Waals surface area contributed by atoms with Gasteiger partial charge in [-0.15, -0.1) is 0 Å². The number of methoxy groups -OCH3 is 1. The number of rotatable bonds is 7. The highest BCUT2D eigenvalue weighted by Crippen LogP contribution is 2.22. The highest BCUT2D eigenvalue weighted by atomic mass is 35.5. The summed E-state index contributed by atoms with van der Waals surface area (Å²) in [6.45, 7) is 5.47. The molecule has 5 nitrogen and oxygen atoms in total. The van der Waals surface area contributed by atoms with Gasteiger partial charge < -0.3 is 10.1 Å². The Hall–Kier alpha value is -2.11. The molecule has 1 heterocycles. The summed E-state index contributed by atoms with van der Waals surface area (Å²) in [6.07, 6.45) is 3.15. The molecule has 0 aliphatic carbocycles. The van der Waals surface area contributed by atoms with E-state index in [2.05, 4.69) is 41.6 Å². The molecule has 0 aliphatic heterocycles. The van der Waals surface area contributed by atoms with Crippen LogP contribution in [0, 0.1) is 13.8 Å². The van der Waals surface area contributed by atoms with Crippen LogP contribution < -0.4 is 5.32 Å². The summed E-state index contributed by atoms with van der Waals surface area (Å²) in [4.78, 5) is 11.7. The lowest BCUT2D eigenvalue weighted by molar-refractivity contribution is -0.116. The van der Waals surface area contributed by atoms with E-state index in [9.17, 15) is 4.79 Å². The van der Waals surface area contributed by atoms with Gasteiger partial charge >= 0.3 is 0 Å². The molecule has 0 saturated carbocycles. The van der Waals surface area contributed by atoms with Crippen molar-refractivity contribution in [1.29, 1.82) is 0 Å². The molecule has 1 N–H and O–H groups in total. The molecular formula is C18H22ClN3O2. The van der Waals surface area contributed by atoms with Crippen LogP contribution in [0.25, 0.3) is 6.08 Å². The number of nitrogens with zero attached hydrogens (tertiary/aromatic N) is 2. The molecular weight excluding hydrogens is 326 g/mol. The van der Waals surface area contributed by atoms with Crippen LogP contribution in [0.5, 0.6) is 0 Å². The van der Waals surface area contributed by atoms with Crippen molar-refractivity contribution in [1.82, 2.24) is 15.1 Å². The second-order valence-electron chi connectivity index (χ2n) is 5.55. The molecule has 0 spiro atoms. The lowest BCUT2D eigenvalue weighted by atomic mass is 10.1. The quantitative estimate of drug-likeness (QED) is 0.619. The van der Waals surface area contributed by atoms with E-state index in [1.165, 1.54) is 11.6 Å². The summed E-state index contributed by atoms with van der Waals surface area (Å²) in [5, 5.41) is 7.71. The van der Waals surface area contributed by atoms with Crippen molar-refractivity contribution < 1.29 is 9.53 Å². The fourth-order valence-electron chi connectivity index (χ4n) is 2.22. The number of halogens is 1. The van der Waals surface area contributed by atoms with E-state index in [0.717, 1.165) is 16.8 Å². The third kappa shape index (κ3) is 4.94. The summed E-state index contributed by atoms with van der Waals surface area (Å²) < 4.78 is 6.63. The van der Waals surface area contributed by atoms with Crippen molar-refractivity contribution in [2.24, 2.45) is 0 Å². The summed E-state index contributed by atoms with van der Waals surface area (Å²) in [7, 11) is 1.59. The predicted octanol–water partition coefficient (Wildman–Crippen LogP) is 2.98. The van der Waals surface area contributed by atoms with Gasteiger partial charge in [-0.2, -0.15) is 5.10 Å². The molecule has 1 aromatic carbocycles. The Bertz CT molecular complexity index is 721. The minimum atomic E-state index is -0.186. The molecule has 24 heavy (non-hydrogen) atoms. The molecule has 2 aromatic rings. The van der Waals surface area contributed by atoms with Gasteiger partial charge in [0.1, 0.15) is 5.15 Å². The monoisotopic (exact) mass is 347 g/mol. The zero-order chi connectivity index (χ0) is 17.5. The molecule has 0 aliphatic rings. The Kier molecular flexibility index (Phi) is 6.58. The Morgan fingerprint density at radius 1 is 1.33 bits per heavy atom. The van der Waals surface area contributed by atoms with Crippen LogP contribution >= 0.6 is 11.6 Å². The molecule has 0 atom stereocenters. The van der Waals surface area contributed by atoms with Crippen molar-refractivity contribution in [3.63, 3.8) is 0 Å². The fourth-order valence-corrected chi connectivity index (χ4v) is 2.52. The Balaban J connectivity index is 2.08. The Morgan fingerprint density at radius 3 is 2.71 bits per heavy atom. The van der Waals surface area contributed by atoms with E-state index in [1.807, 2.05) is 6.92 Å². The number of hydrogen-bond donors (Lipinski definition) is 1. The normalized spacial score (nSPS) is 11.2. The molecule has 0 saturated heterocycles. The van der Waals surface area contributed by atoms with Crippen molar-refractivity contribution in [2.45, 2.75) is 20.4 Å². The van der Waals surface area contributed by atoms with Crippen molar-refractivity contribution in [2.75, 3.05) is 20.3 Å². The molecule has 6 heteroatoms. The number of benzene rings is 1. The summed E-state index contributed by atoms with van der Waals surface area (Å²) in [6, 6.07) is 8.23. The third-order valence-corrected chi connectivity index (χ3v) is 3.97. The third-order valence-electron chi connectivity index (χ3n) is 3.57. The van der Waals surface area contributed by atoms with Gasteiger partial charge in [-0.1, -0.05) is 41.4 Å². The first-order chi connectivity index (χ1) is 11.5. The highest BCUT2D eigenvalue weighted by Gasteiger charge is 2.11. The van der Waals surface area contributed by atoms with Gasteiger partial charge in [0.2, 0.25) is 5.91 Å². The zero-order valence-electron chi connectivity index (χ0n) is 14.2. The molecule has 0 radical (unpaired) electrons. The van der Waals surface area contributed by atoms with E-state index in [4.69, 9.17) is 16.3 Å². The number of nitrogens with one attached hydrogen (secondary N) is 1. The van der Waals surface area contributed by atoms with Crippen molar-refractivity contribution >= 4 is 23.6 Å². The first-order valence-electron chi connectivity index (χ1n) is 7.74. The van der Waals surface area contributed by atoms with Crippen LogP contribution in [0.15, 0.2) is 30.3 Å². The molecule has 128 valence electrons. The minimum Gasteiger partial charge on any atom is -0.383 e. The first kappa shape index (κ1) is 18.2. The number of aromatic nitrogens is 2. The number of hydrogen-bond acceptors (Lipinski definition) is 3. The van der Waals surface area contributed by atoms with Crippen LogP contribution in [-0.4, -0.2) is 35.9 Å². The van der Waals surface area contributed by atoms with Crippen molar-refractivity contribution in [3.05, 3.63) is 57.9 Å². The average Bonchev–Trinajstić information content (AvgIpc) is 2.82. The second-order valence-corrected chi connectivity index (χ2v) is 5.91. The number of ether oxygens (including phenoxy) is 1. The average molecular weight is 348 g/mol. The van der Waals surface area contributed by atoms with Gasteiger partial charge in [0, 0.05) is 25.3 Å². The highest BCUT2D eigenvalue weighted by molar-refractivity contribution is 6.31. The van der Waals surface area contributed by atoms with E-state index in [-0.39, 0.29) is 5.91 Å². The van der Waals surface area contributed by atoms with Gasteiger partial charge in [-0.05, 0) is 25.5 Å². The minimum absolute atomic E-state index is 0.186. The largest absolute Gasteiger partial charge is 0.383 e. The van der Waals surface area contributed by atoms with E-state index in [0.29, 0.717) is 24.8 Å². The molecule has 0 bridgehead atoms. The van der Waals surface area contributed by atoms with Gasteiger partial charge in [0.05, 0.1) is 18.8 Å². The smallest absolute Gasteiger partial charge is 0.244 e. The first-order valence-corrected chi connectivity index (χ1v) is 8.12. The topological polar surface area (TPSA) is 56.1 Å². The predicted molar refractivity (Wildman–Crippen MR) is 96.2 cm³/mol. The van der Waals surface area contributed by atoms with E-state index in [1.54, 1.807) is 17.9 Å². The standard InChI is InChI=1S/C18H22ClN3O2/c1-13-4-6-15(7-5-13)12-22-18(19)16(14(2)21-22)8-9-17(23)20-10-11-24-3/h4-9H,10-12H2,1-3H3,(H,20,23)/b9-8+. The number of carbonyl (C=O) groups is 1. The number of aryl methyl sites for hydroxylation is 2. The van der Waals surface area contributed by atoms with Gasteiger partial charge in [0.25, 0.3) is 0 Å². The van der Waals surface area contributed by atoms with Crippen LogP contribution in [-0.2, 0) is 16.1 Å². The maximum absolute atomic E-state index is 11.7. The number of amides is 1. The molecule has 2 rings (SSSR count). The van der Waals surface area contributed by atoms with Crippen LogP contribution in [0.2, 0.25) is 5.15 Å². The van der Waals surface area contributed by atoms with Crippen LogP contribution in [0.1, 0.15) is 22.4 Å². The summed E-state index contributed by atoms with van der Waals surface area (Å²) in [5.74, 6) is -0.186. The SMILES string of the molecule is COCCNC(=O)/C=C/c1c(C)nn(Cc2ccc(C)cc2)c1Cl. The Morgan fingerprint density at radius 2 is 2.04 bits per heavy atom. The maximum Gasteiger partial charge on any atom is 0.244 e. The van der Waals surface area contributed by atoms with Crippen LogP contribution in [0.3, 0.4) is 0 Å². The van der Waals surface area contributed by atoms with Gasteiger partial charge in [0.15, 0.2) is 0 Å². The van der Waals surface area contributed by atoms with E-state index >= 15 is 0 Å². The fraction of sp³-hybridized carbons (Fsp3) is 0.333. The van der Waals surface area contributed by atoms with Gasteiger partial charge in [-0.25, -0.2) is 4.68 Å². The second kappa shape index (κ2) is 8.66. The molecule has 1 aromatic heterocycles. The summed E-state index contributed by atoms with van der Waals surface area (Å²) in [5.41, 5.74) is 3.88. The lowest BCUT2D eigenvalue weighted by Crippen LogP contribution is -2.24. The Labute approximate surface area is 147 Å². The number of carbonyl (C=O) groups excluding carboxylic acids is 1. The molecule has 0 fully saturated rings. The van der Waals surface area contributed by atoms with Crippen molar-refractivity contribution in [3.8, 4) is 0 Å². The van der Waals surface area contributed by atoms with E-state index < -0.39 is 0 Å². The molecule has 1 amide bonds. The summed E-state index contributed by atoms with van der Waals surface area (Å²) >= 11 is 6.42. The van der Waals surface area contributed by atoms with Gasteiger partial charge in [-0.3, -0.25) is 4.79 Å².